The third-order valence-electron chi connectivity index (χ3n) is 1.97. The maximum Gasteiger partial charge on any atom is 0.324 e. The first-order valence-electron chi connectivity index (χ1n) is 5.12. The summed E-state index contributed by atoms with van der Waals surface area (Å²) in [7, 11) is 0. The molecule has 1 aromatic heterocycles. The van der Waals surface area contributed by atoms with E-state index in [0.717, 1.165) is 5.56 Å². The van der Waals surface area contributed by atoms with Crippen LogP contribution in [0.5, 0.6) is 0 Å². The fourth-order valence-electron chi connectivity index (χ4n) is 1.18. The van der Waals surface area contributed by atoms with E-state index >= 15 is 0 Å². The lowest BCUT2D eigenvalue weighted by Crippen LogP contribution is -2.23. The number of esters is 1. The minimum atomic E-state index is -1.28. The van der Waals surface area contributed by atoms with Crippen molar-refractivity contribution < 1.29 is 19.4 Å². The predicted molar refractivity (Wildman–Crippen MR) is 61.0 cm³/mol. The van der Waals surface area contributed by atoms with Crippen molar-refractivity contribution in [3.05, 3.63) is 36.2 Å². The van der Waals surface area contributed by atoms with Crippen LogP contribution in [-0.4, -0.2) is 28.6 Å². The zero-order valence-corrected chi connectivity index (χ0v) is 9.37. The lowest BCUT2D eigenvalue weighted by atomic mass is 10.1. The molecule has 1 aromatic rings. The summed E-state index contributed by atoms with van der Waals surface area (Å²) in [6.45, 7) is 1.78. The van der Waals surface area contributed by atoms with Gasteiger partial charge in [-0.1, -0.05) is 18.2 Å². The van der Waals surface area contributed by atoms with Crippen LogP contribution in [0.25, 0.3) is 6.08 Å². The van der Waals surface area contributed by atoms with Crippen molar-refractivity contribution in [3.8, 4) is 0 Å². The summed E-state index contributed by atoms with van der Waals surface area (Å²) in [6.07, 6.45) is 6.00. The summed E-state index contributed by atoms with van der Waals surface area (Å²) < 4.78 is 4.67. The molecule has 0 aliphatic heterocycles. The molecule has 1 atom stereocenters. The molecular weight excluding hydrogens is 222 g/mol. The van der Waals surface area contributed by atoms with Gasteiger partial charge in [-0.2, -0.15) is 0 Å². The van der Waals surface area contributed by atoms with Crippen molar-refractivity contribution in [2.24, 2.45) is 5.92 Å². The second kappa shape index (κ2) is 6.42. The van der Waals surface area contributed by atoms with Gasteiger partial charge in [0.2, 0.25) is 0 Å². The van der Waals surface area contributed by atoms with Crippen molar-refractivity contribution in [1.82, 2.24) is 4.98 Å². The second-order valence-electron chi connectivity index (χ2n) is 3.21. The molecule has 0 saturated heterocycles. The number of carboxylic acids is 1. The Balaban J connectivity index is 2.77. The molecule has 1 rings (SSSR count). The third kappa shape index (κ3) is 4.06. The molecule has 1 heterocycles. The second-order valence-corrected chi connectivity index (χ2v) is 3.21. The number of ether oxygens (including phenoxy) is 1. The zero-order valence-electron chi connectivity index (χ0n) is 9.37. The van der Waals surface area contributed by atoms with Crippen LogP contribution in [0, 0.1) is 5.92 Å². The summed E-state index contributed by atoms with van der Waals surface area (Å²) in [5.41, 5.74) is 0.725. The number of carbonyl (C=O) groups excluding carboxylic acids is 1. The lowest BCUT2D eigenvalue weighted by molar-refractivity contribution is -0.155. The molecule has 0 aliphatic rings. The average molecular weight is 235 g/mol. The van der Waals surface area contributed by atoms with E-state index in [0.29, 0.717) is 0 Å². The standard InChI is InChI=1S/C12H13NO4/c1-2-17-12(16)10(11(14)15)6-5-9-4-3-7-13-8-9/h3-8,10H,2H2,1H3,(H,14,15). The number of aromatic nitrogens is 1. The van der Waals surface area contributed by atoms with Crippen molar-refractivity contribution >= 4 is 18.0 Å². The maximum absolute atomic E-state index is 11.3. The molecule has 0 aromatic carbocycles. The molecule has 0 aliphatic carbocycles. The van der Waals surface area contributed by atoms with Crippen molar-refractivity contribution in [2.45, 2.75) is 6.92 Å². The minimum absolute atomic E-state index is 0.156. The van der Waals surface area contributed by atoms with Crippen LogP contribution in [0.15, 0.2) is 30.6 Å². The highest BCUT2D eigenvalue weighted by atomic mass is 16.5. The monoisotopic (exact) mass is 235 g/mol. The van der Waals surface area contributed by atoms with Crippen molar-refractivity contribution in [1.29, 1.82) is 0 Å². The molecule has 1 N–H and O–H groups in total. The maximum atomic E-state index is 11.3. The molecule has 0 fully saturated rings. The van der Waals surface area contributed by atoms with Crippen LogP contribution >= 0.6 is 0 Å². The summed E-state index contributed by atoms with van der Waals surface area (Å²) in [4.78, 5) is 26.1. The molecule has 0 amide bonds. The van der Waals surface area contributed by atoms with E-state index in [1.807, 2.05) is 0 Å². The summed E-state index contributed by atoms with van der Waals surface area (Å²) >= 11 is 0. The molecule has 0 bridgehead atoms. The first-order valence-corrected chi connectivity index (χ1v) is 5.12. The average Bonchev–Trinajstić information content (AvgIpc) is 2.30. The van der Waals surface area contributed by atoms with E-state index in [4.69, 9.17) is 5.11 Å². The molecule has 0 saturated carbocycles. The third-order valence-corrected chi connectivity index (χ3v) is 1.97. The number of hydrogen-bond acceptors (Lipinski definition) is 4. The molecule has 5 nitrogen and oxygen atoms in total. The number of carboxylic acid groups (broad SMARTS) is 1. The summed E-state index contributed by atoms with van der Waals surface area (Å²) in [6, 6.07) is 3.48. The summed E-state index contributed by atoms with van der Waals surface area (Å²) in [5.74, 6) is -3.28. The summed E-state index contributed by atoms with van der Waals surface area (Å²) in [5, 5.41) is 8.88. The van der Waals surface area contributed by atoms with Gasteiger partial charge in [0.25, 0.3) is 0 Å². The first kappa shape index (κ1) is 12.9. The topological polar surface area (TPSA) is 76.5 Å². The van der Waals surface area contributed by atoms with Crippen LogP contribution in [0.3, 0.4) is 0 Å². The number of nitrogens with zero attached hydrogens (tertiary/aromatic N) is 1. The van der Waals surface area contributed by atoms with Gasteiger partial charge in [-0.05, 0) is 18.6 Å². The Morgan fingerprint density at radius 2 is 2.35 bits per heavy atom. The Kier molecular flexibility index (Phi) is 4.87. The number of carbonyl (C=O) groups is 2. The van der Waals surface area contributed by atoms with Crippen molar-refractivity contribution in [2.75, 3.05) is 6.61 Å². The highest BCUT2D eigenvalue weighted by Gasteiger charge is 2.24. The minimum Gasteiger partial charge on any atom is -0.480 e. The van der Waals surface area contributed by atoms with Gasteiger partial charge in [-0.3, -0.25) is 14.6 Å². The Labute approximate surface area is 98.7 Å². The van der Waals surface area contributed by atoms with Gasteiger partial charge < -0.3 is 9.84 Å². The number of aliphatic carboxylic acids is 1. The molecule has 90 valence electrons. The molecule has 1 unspecified atom stereocenters. The number of rotatable bonds is 5. The van der Waals surface area contributed by atoms with Gasteiger partial charge in [0, 0.05) is 12.4 Å². The molecule has 5 heteroatoms. The normalized spacial score (nSPS) is 12.3. The van der Waals surface area contributed by atoms with Gasteiger partial charge >= 0.3 is 11.9 Å². The number of pyridine rings is 1. The lowest BCUT2D eigenvalue weighted by Gasteiger charge is -2.06. The van der Waals surface area contributed by atoms with Gasteiger partial charge in [0.15, 0.2) is 5.92 Å². The number of hydrogen-bond donors (Lipinski definition) is 1. The SMILES string of the molecule is CCOC(=O)C(C=Cc1cccnc1)C(=O)O. The van der Waals surface area contributed by atoms with E-state index in [2.05, 4.69) is 9.72 Å². The Bertz CT molecular complexity index is 414. The first-order chi connectivity index (χ1) is 8.15. The van der Waals surface area contributed by atoms with Crippen LogP contribution < -0.4 is 0 Å². The highest BCUT2D eigenvalue weighted by Crippen LogP contribution is 2.07. The van der Waals surface area contributed by atoms with E-state index in [1.165, 1.54) is 12.2 Å². The predicted octanol–water partition coefficient (Wildman–Crippen LogP) is 1.36. The van der Waals surface area contributed by atoms with E-state index in [1.54, 1.807) is 31.5 Å². The van der Waals surface area contributed by atoms with Gasteiger partial charge in [-0.25, -0.2) is 0 Å². The fourth-order valence-corrected chi connectivity index (χ4v) is 1.18. The molecule has 0 radical (unpaired) electrons. The quantitative estimate of drug-likeness (QED) is 0.616. The smallest absolute Gasteiger partial charge is 0.324 e. The Morgan fingerprint density at radius 1 is 1.59 bits per heavy atom. The molecule has 0 spiro atoms. The van der Waals surface area contributed by atoms with Gasteiger partial charge in [-0.15, -0.1) is 0 Å². The van der Waals surface area contributed by atoms with E-state index < -0.39 is 17.9 Å². The molecular formula is C12H13NO4. The molecule has 17 heavy (non-hydrogen) atoms. The largest absolute Gasteiger partial charge is 0.480 e. The van der Waals surface area contributed by atoms with Crippen LogP contribution in [-0.2, 0) is 14.3 Å². The highest BCUT2D eigenvalue weighted by molar-refractivity contribution is 5.96. The fraction of sp³-hybridized carbons (Fsp3) is 0.250. The van der Waals surface area contributed by atoms with Crippen LogP contribution in [0.2, 0.25) is 0 Å². The Morgan fingerprint density at radius 3 is 2.88 bits per heavy atom. The van der Waals surface area contributed by atoms with Crippen molar-refractivity contribution in [3.63, 3.8) is 0 Å². The van der Waals surface area contributed by atoms with E-state index in [-0.39, 0.29) is 6.61 Å². The Hall–Kier alpha value is -2.17. The van der Waals surface area contributed by atoms with Crippen LogP contribution in [0.1, 0.15) is 12.5 Å². The van der Waals surface area contributed by atoms with Crippen LogP contribution in [0.4, 0.5) is 0 Å². The van der Waals surface area contributed by atoms with E-state index in [9.17, 15) is 9.59 Å². The van der Waals surface area contributed by atoms with Gasteiger partial charge in [0.05, 0.1) is 6.61 Å². The zero-order chi connectivity index (χ0) is 12.7. The van der Waals surface area contributed by atoms with Gasteiger partial charge in [0.1, 0.15) is 0 Å².